The van der Waals surface area contributed by atoms with Crippen molar-refractivity contribution in [3.63, 3.8) is 0 Å². The number of hydrogen-bond acceptors (Lipinski definition) is 3. The Balaban J connectivity index is 1.23. The minimum Gasteiger partial charge on any atom is -0.294 e. The molecule has 0 bridgehead atoms. The van der Waals surface area contributed by atoms with Gasteiger partial charge in [-0.25, -0.2) is 14.6 Å². The maximum Gasteiger partial charge on any atom is 0.247 e. The van der Waals surface area contributed by atoms with Crippen molar-refractivity contribution in [3.05, 3.63) is 225 Å². The van der Waals surface area contributed by atoms with Gasteiger partial charge < -0.3 is 0 Å². The van der Waals surface area contributed by atoms with E-state index < -0.39 is 0 Å². The summed E-state index contributed by atoms with van der Waals surface area (Å²) in [5.41, 5.74) is 12.9. The molecule has 0 fully saturated rings. The van der Waals surface area contributed by atoms with Gasteiger partial charge in [-0.2, -0.15) is 5.10 Å². The monoisotopic (exact) mass is 792 g/mol. The van der Waals surface area contributed by atoms with Crippen LogP contribution in [0.3, 0.4) is 0 Å². The summed E-state index contributed by atoms with van der Waals surface area (Å²) in [5, 5.41) is 10.3. The van der Waals surface area contributed by atoms with Crippen LogP contribution < -0.4 is 16.4 Å². The zero-order chi connectivity index (χ0) is 41.0. The summed E-state index contributed by atoms with van der Waals surface area (Å²) in [6.45, 7) is -0.280. The zero-order valence-electron chi connectivity index (χ0n) is 33.6. The molecule has 0 aliphatic carbocycles. The topological polar surface area (TPSA) is 53.5 Å². The SMILES string of the molecule is c1ccc(-c2nn(-c3ccccc3)c(-c3ccccc3)c2B(c2ccc3c4ccccc4n(-c4ccccn4)c3c2)c2ccc3c4ccccc4n(-c4ccccn4)c3c2)cc1. The van der Waals surface area contributed by atoms with E-state index in [2.05, 4.69) is 214 Å². The molecular formula is C55H37BN6. The van der Waals surface area contributed by atoms with E-state index in [1.54, 1.807) is 0 Å². The first-order valence-corrected chi connectivity index (χ1v) is 21.0. The van der Waals surface area contributed by atoms with Gasteiger partial charge >= 0.3 is 0 Å². The number of rotatable bonds is 8. The number of aromatic nitrogens is 6. The predicted molar refractivity (Wildman–Crippen MR) is 256 cm³/mol. The van der Waals surface area contributed by atoms with Crippen molar-refractivity contribution in [3.8, 4) is 39.8 Å². The number of hydrogen-bond donors (Lipinski definition) is 0. The van der Waals surface area contributed by atoms with Gasteiger partial charge in [0.15, 0.2) is 0 Å². The Morgan fingerprint density at radius 2 is 0.823 bits per heavy atom. The Labute approximate surface area is 358 Å². The van der Waals surface area contributed by atoms with Gasteiger partial charge in [0.05, 0.1) is 39.1 Å². The van der Waals surface area contributed by atoms with E-state index in [-0.39, 0.29) is 6.71 Å². The molecule has 0 unspecified atom stereocenters. The third-order valence-electron chi connectivity index (χ3n) is 12.1. The number of para-hydroxylation sites is 3. The van der Waals surface area contributed by atoms with E-state index in [4.69, 9.17) is 15.1 Å². The van der Waals surface area contributed by atoms with Crippen LogP contribution in [0.5, 0.6) is 0 Å². The van der Waals surface area contributed by atoms with Gasteiger partial charge in [0.25, 0.3) is 0 Å². The van der Waals surface area contributed by atoms with Crippen molar-refractivity contribution in [2.75, 3.05) is 0 Å². The van der Waals surface area contributed by atoms with Gasteiger partial charge in [0, 0.05) is 39.5 Å². The number of pyridine rings is 2. The van der Waals surface area contributed by atoms with Crippen LogP contribution in [0.15, 0.2) is 225 Å². The second-order valence-corrected chi connectivity index (χ2v) is 15.7. The third-order valence-corrected chi connectivity index (χ3v) is 12.1. The smallest absolute Gasteiger partial charge is 0.247 e. The van der Waals surface area contributed by atoms with E-state index in [0.29, 0.717) is 0 Å². The zero-order valence-corrected chi connectivity index (χ0v) is 33.6. The molecule has 0 atom stereocenters. The average Bonchev–Trinajstić information content (AvgIpc) is 4.01. The molecule has 12 rings (SSSR count). The Kier molecular flexibility index (Phi) is 8.49. The van der Waals surface area contributed by atoms with E-state index in [0.717, 1.165) is 78.3 Å². The molecule has 0 radical (unpaired) electrons. The van der Waals surface area contributed by atoms with Crippen LogP contribution in [0, 0.1) is 0 Å². The highest BCUT2D eigenvalue weighted by Crippen LogP contribution is 2.34. The minimum absolute atomic E-state index is 0.280. The molecule has 62 heavy (non-hydrogen) atoms. The molecular weight excluding hydrogens is 755 g/mol. The molecule has 0 aliphatic heterocycles. The summed E-state index contributed by atoms with van der Waals surface area (Å²) in [6.07, 6.45) is 3.74. The van der Waals surface area contributed by atoms with Crippen molar-refractivity contribution in [2.24, 2.45) is 0 Å². The van der Waals surface area contributed by atoms with Gasteiger partial charge in [-0.05, 0) is 71.7 Å². The molecule has 5 heterocycles. The molecule has 0 saturated carbocycles. The van der Waals surface area contributed by atoms with Crippen molar-refractivity contribution in [1.29, 1.82) is 0 Å². The fourth-order valence-electron chi connectivity index (χ4n) is 9.47. The molecule has 5 aromatic heterocycles. The second kappa shape index (κ2) is 14.8. The lowest BCUT2D eigenvalue weighted by Crippen LogP contribution is -2.53. The number of fused-ring (bicyclic) bond motifs is 6. The first-order chi connectivity index (χ1) is 30.8. The lowest BCUT2D eigenvalue weighted by atomic mass is 9.36. The van der Waals surface area contributed by atoms with Crippen LogP contribution in [-0.4, -0.2) is 35.6 Å². The summed E-state index contributed by atoms with van der Waals surface area (Å²) in [7, 11) is 0. The molecule has 0 N–H and O–H groups in total. The number of nitrogens with zero attached hydrogens (tertiary/aromatic N) is 6. The average molecular weight is 793 g/mol. The van der Waals surface area contributed by atoms with E-state index >= 15 is 0 Å². The first kappa shape index (κ1) is 35.6. The van der Waals surface area contributed by atoms with Crippen molar-refractivity contribution >= 4 is 66.7 Å². The highest BCUT2D eigenvalue weighted by Gasteiger charge is 2.34. The van der Waals surface area contributed by atoms with Crippen molar-refractivity contribution in [1.82, 2.24) is 28.9 Å². The lowest BCUT2D eigenvalue weighted by molar-refractivity contribution is 0.892. The Morgan fingerprint density at radius 1 is 0.371 bits per heavy atom. The Bertz CT molecular complexity index is 3400. The van der Waals surface area contributed by atoms with Crippen LogP contribution in [-0.2, 0) is 0 Å². The van der Waals surface area contributed by atoms with Crippen LogP contribution in [0.2, 0.25) is 0 Å². The van der Waals surface area contributed by atoms with Gasteiger partial charge in [0.1, 0.15) is 11.6 Å². The van der Waals surface area contributed by atoms with Crippen molar-refractivity contribution in [2.45, 2.75) is 0 Å². The molecule has 12 aromatic rings. The molecule has 0 aliphatic rings. The fraction of sp³-hybridized carbons (Fsp3) is 0. The molecule has 0 saturated heterocycles. The normalized spacial score (nSPS) is 11.5. The molecule has 7 heteroatoms. The molecule has 290 valence electrons. The Hall–Kier alpha value is -8.29. The highest BCUT2D eigenvalue weighted by atomic mass is 15.3. The quantitative estimate of drug-likeness (QED) is 0.144. The summed E-state index contributed by atoms with van der Waals surface area (Å²) < 4.78 is 6.75. The Morgan fingerprint density at radius 3 is 1.34 bits per heavy atom. The van der Waals surface area contributed by atoms with Crippen LogP contribution in [0.1, 0.15) is 0 Å². The maximum absolute atomic E-state index is 5.61. The molecule has 6 nitrogen and oxygen atoms in total. The van der Waals surface area contributed by atoms with E-state index in [1.807, 2.05) is 24.5 Å². The lowest BCUT2D eigenvalue weighted by Gasteiger charge is -2.20. The van der Waals surface area contributed by atoms with E-state index in [1.165, 1.54) is 21.5 Å². The molecule has 0 amide bonds. The molecule has 0 spiro atoms. The minimum atomic E-state index is -0.280. The van der Waals surface area contributed by atoms with E-state index in [9.17, 15) is 0 Å². The standard InChI is InChI=1S/C55H37BN6/c1-4-18-38(19-5-1)54-53(55(39-20-6-2-7-21-39)62(59-54)42-22-8-3-9-23-42)56(40-30-32-45-43-24-10-12-26-47(43)60(49(45)36-40)51-28-14-16-34-57-51)41-31-33-46-44-25-11-13-27-48(44)61(50(46)37-41)52-29-15-17-35-58-52/h1-37H. The van der Waals surface area contributed by atoms with Crippen LogP contribution >= 0.6 is 0 Å². The first-order valence-electron chi connectivity index (χ1n) is 21.0. The molecule has 7 aromatic carbocycles. The predicted octanol–water partition coefficient (Wildman–Crippen LogP) is 10.7. The summed E-state index contributed by atoms with van der Waals surface area (Å²) in [4.78, 5) is 9.78. The van der Waals surface area contributed by atoms with Gasteiger partial charge in [0.2, 0.25) is 6.71 Å². The van der Waals surface area contributed by atoms with Crippen LogP contribution in [0.4, 0.5) is 0 Å². The van der Waals surface area contributed by atoms with Gasteiger partial charge in [-0.1, -0.05) is 163 Å². The van der Waals surface area contributed by atoms with Gasteiger partial charge in [-0.3, -0.25) is 9.13 Å². The fourth-order valence-corrected chi connectivity index (χ4v) is 9.47. The largest absolute Gasteiger partial charge is 0.294 e. The van der Waals surface area contributed by atoms with Crippen LogP contribution in [0.25, 0.3) is 83.4 Å². The maximum atomic E-state index is 5.61. The van der Waals surface area contributed by atoms with Gasteiger partial charge in [-0.15, -0.1) is 0 Å². The number of benzene rings is 7. The van der Waals surface area contributed by atoms with Crippen molar-refractivity contribution < 1.29 is 0 Å². The third kappa shape index (κ3) is 5.78. The second-order valence-electron chi connectivity index (χ2n) is 15.7. The highest BCUT2D eigenvalue weighted by molar-refractivity contribution is 6.97. The summed E-state index contributed by atoms with van der Waals surface area (Å²) in [6, 6.07) is 75.4. The summed E-state index contributed by atoms with van der Waals surface area (Å²) >= 11 is 0. The summed E-state index contributed by atoms with van der Waals surface area (Å²) in [5.74, 6) is 1.75.